The number of hydrogen-bond donors (Lipinski definition) is 3. The maximum absolute atomic E-state index is 12.5. The molecule has 7 nitrogen and oxygen atoms in total. The fourth-order valence-electron chi connectivity index (χ4n) is 3.11. The molecule has 1 atom stereocenters. The third-order valence-electron chi connectivity index (χ3n) is 4.62. The van der Waals surface area contributed by atoms with Crippen molar-refractivity contribution in [2.75, 3.05) is 0 Å². The number of phenols is 1. The topological polar surface area (TPSA) is 108 Å². The van der Waals surface area contributed by atoms with E-state index in [1.807, 2.05) is 36.4 Å². The first-order valence-electron chi connectivity index (χ1n) is 8.59. The van der Waals surface area contributed by atoms with Gasteiger partial charge in [-0.3, -0.25) is 19.3 Å². The van der Waals surface area contributed by atoms with Crippen LogP contribution in [-0.4, -0.2) is 25.5 Å². The highest BCUT2D eigenvalue weighted by Crippen LogP contribution is 2.45. The SMILES string of the molecule is Cn1c(O)c(C2=Nc3ccccc3SC(c3ccc(O)cc3)C2)c(=O)[nH]c1=O. The number of H-pyrrole nitrogens is 1. The summed E-state index contributed by atoms with van der Waals surface area (Å²) in [5.74, 6) is -0.245. The number of fused-ring (bicyclic) bond motifs is 1. The number of hydrogen-bond acceptors (Lipinski definition) is 6. The molecule has 0 aliphatic carbocycles. The molecule has 0 radical (unpaired) electrons. The van der Waals surface area contributed by atoms with Crippen LogP contribution in [-0.2, 0) is 7.05 Å². The van der Waals surface area contributed by atoms with E-state index < -0.39 is 17.1 Å². The van der Waals surface area contributed by atoms with Crippen molar-refractivity contribution < 1.29 is 10.2 Å². The minimum absolute atomic E-state index is 0.0109. The van der Waals surface area contributed by atoms with Crippen molar-refractivity contribution in [2.45, 2.75) is 16.6 Å². The molecule has 0 spiro atoms. The lowest BCUT2D eigenvalue weighted by atomic mass is 10.0. The summed E-state index contributed by atoms with van der Waals surface area (Å²) in [6, 6.07) is 14.4. The summed E-state index contributed by atoms with van der Waals surface area (Å²) in [5.41, 5.74) is 0.663. The Balaban J connectivity index is 1.90. The van der Waals surface area contributed by atoms with Crippen LogP contribution in [0.25, 0.3) is 0 Å². The van der Waals surface area contributed by atoms with Crippen molar-refractivity contribution in [3.8, 4) is 11.6 Å². The van der Waals surface area contributed by atoms with E-state index in [4.69, 9.17) is 0 Å². The molecule has 4 rings (SSSR count). The number of aromatic amines is 1. The molecule has 2 aromatic carbocycles. The van der Waals surface area contributed by atoms with Crippen LogP contribution in [0.4, 0.5) is 5.69 Å². The molecule has 0 saturated carbocycles. The van der Waals surface area contributed by atoms with Crippen LogP contribution in [0, 0.1) is 0 Å². The van der Waals surface area contributed by atoms with E-state index in [0.29, 0.717) is 17.8 Å². The van der Waals surface area contributed by atoms with E-state index in [2.05, 4.69) is 9.98 Å². The molecule has 3 aromatic rings. The second-order valence-electron chi connectivity index (χ2n) is 6.45. The van der Waals surface area contributed by atoms with Crippen molar-refractivity contribution in [2.24, 2.45) is 12.0 Å². The molecule has 0 fully saturated rings. The number of rotatable bonds is 2. The standard InChI is InChI=1S/C20H17N3O4S/c1-23-19(26)17(18(25)22-20(23)27)14-10-16(11-6-8-12(24)9-7-11)28-15-5-3-2-4-13(15)21-14/h2-9,16,24,26H,10H2,1H3,(H,22,25,27). The Morgan fingerprint density at radius 3 is 2.57 bits per heavy atom. The molecule has 1 unspecified atom stereocenters. The summed E-state index contributed by atoms with van der Waals surface area (Å²) in [7, 11) is 1.38. The van der Waals surface area contributed by atoms with E-state index in [-0.39, 0.29) is 16.6 Å². The number of aromatic nitrogens is 2. The molecule has 0 saturated heterocycles. The number of thioether (sulfide) groups is 1. The number of benzene rings is 2. The molecular weight excluding hydrogens is 378 g/mol. The van der Waals surface area contributed by atoms with Crippen LogP contribution in [0.3, 0.4) is 0 Å². The van der Waals surface area contributed by atoms with Gasteiger partial charge in [-0.25, -0.2) is 4.79 Å². The molecule has 1 aliphatic rings. The highest BCUT2D eigenvalue weighted by Gasteiger charge is 2.26. The average Bonchev–Trinajstić information content (AvgIpc) is 2.86. The Morgan fingerprint density at radius 2 is 1.82 bits per heavy atom. The van der Waals surface area contributed by atoms with Gasteiger partial charge in [0.05, 0.1) is 11.4 Å². The molecule has 142 valence electrons. The van der Waals surface area contributed by atoms with Gasteiger partial charge in [0.15, 0.2) is 0 Å². The summed E-state index contributed by atoms with van der Waals surface area (Å²) in [5, 5.41) is 20.0. The predicted octanol–water partition coefficient (Wildman–Crippen LogP) is 2.84. The lowest BCUT2D eigenvalue weighted by Gasteiger charge is -2.16. The van der Waals surface area contributed by atoms with Crippen molar-refractivity contribution in [3.63, 3.8) is 0 Å². The zero-order valence-corrected chi connectivity index (χ0v) is 15.7. The summed E-state index contributed by atoms with van der Waals surface area (Å²) >= 11 is 1.60. The van der Waals surface area contributed by atoms with Gasteiger partial charge in [-0.15, -0.1) is 11.8 Å². The van der Waals surface area contributed by atoms with Crippen LogP contribution in [0.1, 0.15) is 22.8 Å². The first kappa shape index (κ1) is 18.1. The quantitative estimate of drug-likeness (QED) is 0.618. The van der Waals surface area contributed by atoms with Gasteiger partial charge in [-0.05, 0) is 29.8 Å². The second-order valence-corrected chi connectivity index (χ2v) is 7.69. The zero-order chi connectivity index (χ0) is 19.8. The summed E-state index contributed by atoms with van der Waals surface area (Å²) < 4.78 is 0.985. The molecule has 8 heteroatoms. The minimum Gasteiger partial charge on any atom is -0.508 e. The van der Waals surface area contributed by atoms with E-state index in [0.717, 1.165) is 15.0 Å². The predicted molar refractivity (Wildman–Crippen MR) is 108 cm³/mol. The maximum atomic E-state index is 12.5. The van der Waals surface area contributed by atoms with Crippen molar-refractivity contribution >= 4 is 23.2 Å². The minimum atomic E-state index is -0.690. The van der Waals surface area contributed by atoms with Crippen molar-refractivity contribution in [1.82, 2.24) is 9.55 Å². The zero-order valence-electron chi connectivity index (χ0n) is 14.9. The van der Waals surface area contributed by atoms with Crippen LogP contribution < -0.4 is 11.2 Å². The van der Waals surface area contributed by atoms with Gasteiger partial charge in [0, 0.05) is 23.6 Å². The molecule has 0 amide bonds. The number of nitrogens with one attached hydrogen (secondary N) is 1. The fraction of sp³-hybridized carbons (Fsp3) is 0.150. The van der Waals surface area contributed by atoms with Crippen LogP contribution in [0.5, 0.6) is 11.6 Å². The van der Waals surface area contributed by atoms with Gasteiger partial charge >= 0.3 is 5.69 Å². The monoisotopic (exact) mass is 395 g/mol. The first-order chi connectivity index (χ1) is 13.4. The summed E-state index contributed by atoms with van der Waals surface area (Å²) in [6.07, 6.45) is 0.360. The third-order valence-corrected chi connectivity index (χ3v) is 5.94. The fourth-order valence-corrected chi connectivity index (χ4v) is 4.35. The number of para-hydroxylation sites is 1. The van der Waals surface area contributed by atoms with Crippen LogP contribution >= 0.6 is 11.8 Å². The Morgan fingerprint density at radius 1 is 1.11 bits per heavy atom. The molecular formula is C20H17N3O4S. The molecule has 2 heterocycles. The lowest BCUT2D eigenvalue weighted by molar-refractivity contribution is 0.416. The lowest BCUT2D eigenvalue weighted by Crippen LogP contribution is -2.32. The van der Waals surface area contributed by atoms with Gasteiger partial charge in [0.1, 0.15) is 11.3 Å². The second kappa shape index (κ2) is 7.05. The van der Waals surface area contributed by atoms with Crippen LogP contribution in [0.15, 0.2) is 68.0 Å². The molecule has 3 N–H and O–H groups in total. The molecule has 0 bridgehead atoms. The highest BCUT2D eigenvalue weighted by atomic mass is 32.2. The van der Waals surface area contributed by atoms with Gasteiger partial charge in [0.2, 0.25) is 5.88 Å². The number of nitrogens with zero attached hydrogens (tertiary/aromatic N) is 2. The van der Waals surface area contributed by atoms with E-state index in [1.54, 1.807) is 23.9 Å². The Kier molecular flexibility index (Phi) is 4.56. The van der Waals surface area contributed by atoms with E-state index >= 15 is 0 Å². The van der Waals surface area contributed by atoms with Gasteiger partial charge in [-0.2, -0.15) is 0 Å². The summed E-state index contributed by atoms with van der Waals surface area (Å²) in [4.78, 5) is 32.0. The number of phenolic OH excluding ortho intramolecular Hbond substituents is 1. The number of aromatic hydroxyl groups is 2. The first-order valence-corrected chi connectivity index (χ1v) is 9.47. The maximum Gasteiger partial charge on any atom is 0.330 e. The number of aliphatic imine (C=N–C) groups is 1. The third kappa shape index (κ3) is 3.22. The van der Waals surface area contributed by atoms with Crippen molar-refractivity contribution in [3.05, 3.63) is 80.5 Å². The average molecular weight is 395 g/mol. The molecule has 1 aliphatic heterocycles. The van der Waals surface area contributed by atoms with Gasteiger partial charge in [0.25, 0.3) is 5.56 Å². The summed E-state index contributed by atoms with van der Waals surface area (Å²) in [6.45, 7) is 0. The normalized spacial score (nSPS) is 16.2. The Hall–Kier alpha value is -3.26. The van der Waals surface area contributed by atoms with E-state index in [9.17, 15) is 19.8 Å². The van der Waals surface area contributed by atoms with Crippen molar-refractivity contribution in [1.29, 1.82) is 0 Å². The molecule has 28 heavy (non-hydrogen) atoms. The smallest absolute Gasteiger partial charge is 0.330 e. The van der Waals surface area contributed by atoms with Gasteiger partial charge < -0.3 is 10.2 Å². The Labute approximate surface area is 164 Å². The van der Waals surface area contributed by atoms with Gasteiger partial charge in [-0.1, -0.05) is 24.3 Å². The Bertz CT molecular complexity index is 1200. The van der Waals surface area contributed by atoms with Crippen LogP contribution in [0.2, 0.25) is 0 Å². The molecule has 1 aromatic heterocycles. The highest BCUT2D eigenvalue weighted by molar-refractivity contribution is 7.99. The largest absolute Gasteiger partial charge is 0.508 e. The van der Waals surface area contributed by atoms with E-state index in [1.165, 1.54) is 7.05 Å².